The van der Waals surface area contributed by atoms with E-state index in [4.69, 9.17) is 11.2 Å². The van der Waals surface area contributed by atoms with Crippen molar-refractivity contribution in [2.24, 2.45) is 0 Å². The summed E-state index contributed by atoms with van der Waals surface area (Å²) in [5, 5.41) is 3.40. The molecular formula is C17H23N3O. The summed E-state index contributed by atoms with van der Waals surface area (Å²) in [5.74, 6) is 3.73. The van der Waals surface area contributed by atoms with Crippen LogP contribution >= 0.6 is 0 Å². The zero-order valence-corrected chi connectivity index (χ0v) is 12.9. The fourth-order valence-corrected chi connectivity index (χ4v) is 3.19. The molecule has 21 heavy (non-hydrogen) atoms. The zero-order chi connectivity index (χ0) is 14.9. The van der Waals surface area contributed by atoms with Crippen molar-refractivity contribution < 1.29 is 4.74 Å². The minimum Gasteiger partial charge on any atom is -0.484 e. The molecule has 0 radical (unpaired) electrons. The van der Waals surface area contributed by atoms with Gasteiger partial charge in [-0.2, -0.15) is 0 Å². The second-order valence-corrected chi connectivity index (χ2v) is 6.28. The first-order valence-electron chi connectivity index (χ1n) is 7.57. The third kappa shape index (κ3) is 2.79. The minimum absolute atomic E-state index is 0.216. The third-order valence-electron chi connectivity index (χ3n) is 3.99. The monoisotopic (exact) mass is 285 g/mol. The van der Waals surface area contributed by atoms with Gasteiger partial charge in [0.2, 0.25) is 0 Å². The molecule has 0 bridgehead atoms. The van der Waals surface area contributed by atoms with Gasteiger partial charge in [-0.05, 0) is 26.0 Å². The Morgan fingerprint density at radius 2 is 2.10 bits per heavy atom. The Kier molecular flexibility index (Phi) is 3.69. The van der Waals surface area contributed by atoms with Crippen LogP contribution in [0.2, 0.25) is 0 Å². The van der Waals surface area contributed by atoms with E-state index in [-0.39, 0.29) is 5.60 Å². The lowest BCUT2D eigenvalue weighted by atomic mass is 10.0. The van der Waals surface area contributed by atoms with Gasteiger partial charge in [0.1, 0.15) is 17.0 Å². The molecule has 4 nitrogen and oxygen atoms in total. The van der Waals surface area contributed by atoms with E-state index in [1.807, 2.05) is 6.07 Å². The van der Waals surface area contributed by atoms with Crippen LogP contribution in [-0.2, 0) is 0 Å². The van der Waals surface area contributed by atoms with Crippen molar-refractivity contribution >= 4 is 11.4 Å². The van der Waals surface area contributed by atoms with Gasteiger partial charge < -0.3 is 19.9 Å². The molecular weight excluding hydrogens is 262 g/mol. The molecule has 0 aromatic heterocycles. The molecule has 2 heterocycles. The van der Waals surface area contributed by atoms with Crippen molar-refractivity contribution in [3.05, 3.63) is 18.2 Å². The number of nitrogens with zero attached hydrogens (tertiary/aromatic N) is 2. The smallest absolute Gasteiger partial charge is 0.145 e. The van der Waals surface area contributed by atoms with Gasteiger partial charge in [0.15, 0.2) is 0 Å². The Morgan fingerprint density at radius 1 is 1.33 bits per heavy atom. The van der Waals surface area contributed by atoms with Crippen LogP contribution in [-0.4, -0.2) is 44.9 Å². The molecule has 1 saturated heterocycles. The van der Waals surface area contributed by atoms with Crippen molar-refractivity contribution in [2.45, 2.75) is 19.4 Å². The van der Waals surface area contributed by atoms with E-state index in [2.05, 4.69) is 47.0 Å². The molecule has 2 aliphatic heterocycles. The standard InChI is InChI=1S/C17H23N3O/c1-4-10-20-13-17(2,3)21-15-7-5-6-14(16(15)20)19-11-8-18-9-12-19/h1,5-7,18H,8-13H2,2-3H3. The van der Waals surface area contributed by atoms with Crippen molar-refractivity contribution in [1.82, 2.24) is 5.32 Å². The number of nitrogens with one attached hydrogen (secondary N) is 1. The quantitative estimate of drug-likeness (QED) is 0.837. The van der Waals surface area contributed by atoms with Gasteiger partial charge in [-0.3, -0.25) is 0 Å². The highest BCUT2D eigenvalue weighted by Gasteiger charge is 2.34. The summed E-state index contributed by atoms with van der Waals surface area (Å²) in [5.41, 5.74) is 2.17. The van der Waals surface area contributed by atoms with Gasteiger partial charge >= 0.3 is 0 Å². The number of terminal acetylenes is 1. The van der Waals surface area contributed by atoms with Crippen LogP contribution in [0.15, 0.2) is 18.2 Å². The summed E-state index contributed by atoms with van der Waals surface area (Å²) < 4.78 is 6.17. The number of piperazine rings is 1. The third-order valence-corrected chi connectivity index (χ3v) is 3.99. The zero-order valence-electron chi connectivity index (χ0n) is 12.9. The Labute approximate surface area is 127 Å². The van der Waals surface area contributed by atoms with Crippen molar-refractivity contribution in [3.63, 3.8) is 0 Å². The average Bonchev–Trinajstić information content (AvgIpc) is 2.46. The first-order chi connectivity index (χ1) is 10.1. The molecule has 2 aliphatic rings. The van der Waals surface area contributed by atoms with Crippen LogP contribution in [0.1, 0.15) is 13.8 Å². The van der Waals surface area contributed by atoms with Crippen LogP contribution in [0.5, 0.6) is 5.75 Å². The van der Waals surface area contributed by atoms with E-state index >= 15 is 0 Å². The molecule has 1 N–H and O–H groups in total. The number of anilines is 2. The lowest BCUT2D eigenvalue weighted by molar-refractivity contribution is 0.106. The SMILES string of the molecule is C#CCN1CC(C)(C)Oc2cccc(N3CCNCC3)c21. The normalized spacial score (nSPS) is 20.4. The van der Waals surface area contributed by atoms with E-state index in [1.165, 1.54) is 5.69 Å². The Balaban J connectivity index is 2.02. The van der Waals surface area contributed by atoms with E-state index < -0.39 is 0 Å². The summed E-state index contributed by atoms with van der Waals surface area (Å²) >= 11 is 0. The van der Waals surface area contributed by atoms with Gasteiger partial charge in [-0.1, -0.05) is 12.0 Å². The maximum Gasteiger partial charge on any atom is 0.145 e. The van der Waals surface area contributed by atoms with Crippen LogP contribution in [0.4, 0.5) is 11.4 Å². The number of benzene rings is 1. The predicted octanol–water partition coefficient (Wildman–Crippen LogP) is 1.71. The molecule has 4 heteroatoms. The van der Waals surface area contributed by atoms with Crippen molar-refractivity contribution in [3.8, 4) is 18.1 Å². The first kappa shape index (κ1) is 14.1. The molecule has 3 rings (SSSR count). The highest BCUT2D eigenvalue weighted by Crippen LogP contribution is 2.43. The number of hydrogen-bond acceptors (Lipinski definition) is 4. The van der Waals surface area contributed by atoms with Crippen LogP contribution in [0.3, 0.4) is 0 Å². The van der Waals surface area contributed by atoms with Gasteiger partial charge in [-0.25, -0.2) is 0 Å². The maximum atomic E-state index is 6.17. The summed E-state index contributed by atoms with van der Waals surface area (Å²) in [6, 6.07) is 6.30. The second-order valence-electron chi connectivity index (χ2n) is 6.28. The predicted molar refractivity (Wildman–Crippen MR) is 87.3 cm³/mol. The first-order valence-corrected chi connectivity index (χ1v) is 7.57. The fourth-order valence-electron chi connectivity index (χ4n) is 3.19. The van der Waals surface area contributed by atoms with E-state index in [9.17, 15) is 0 Å². The number of hydrogen-bond donors (Lipinski definition) is 1. The fraction of sp³-hybridized carbons (Fsp3) is 0.529. The van der Waals surface area contributed by atoms with Gasteiger partial charge in [0.05, 0.1) is 18.8 Å². The highest BCUT2D eigenvalue weighted by atomic mass is 16.5. The average molecular weight is 285 g/mol. The molecule has 1 fully saturated rings. The topological polar surface area (TPSA) is 27.7 Å². The maximum absolute atomic E-state index is 6.17. The Morgan fingerprint density at radius 3 is 2.81 bits per heavy atom. The van der Waals surface area contributed by atoms with Crippen molar-refractivity contribution in [2.75, 3.05) is 49.1 Å². The van der Waals surface area contributed by atoms with Gasteiger partial charge in [0, 0.05) is 26.2 Å². The summed E-state index contributed by atoms with van der Waals surface area (Å²) in [4.78, 5) is 4.69. The summed E-state index contributed by atoms with van der Waals surface area (Å²) in [6.45, 7) is 9.72. The Bertz CT molecular complexity index is 556. The van der Waals surface area contributed by atoms with Crippen molar-refractivity contribution in [1.29, 1.82) is 0 Å². The molecule has 1 aromatic rings. The number of fused-ring (bicyclic) bond motifs is 1. The van der Waals surface area contributed by atoms with Gasteiger partial charge in [-0.15, -0.1) is 6.42 Å². The van der Waals surface area contributed by atoms with E-state index in [0.29, 0.717) is 6.54 Å². The number of para-hydroxylation sites is 1. The number of ether oxygens (including phenoxy) is 1. The molecule has 0 saturated carbocycles. The molecule has 112 valence electrons. The van der Waals surface area contributed by atoms with E-state index in [0.717, 1.165) is 44.2 Å². The number of rotatable bonds is 2. The van der Waals surface area contributed by atoms with Crippen LogP contribution in [0, 0.1) is 12.3 Å². The molecule has 0 amide bonds. The molecule has 1 aromatic carbocycles. The molecule has 0 atom stereocenters. The lowest BCUT2D eigenvalue weighted by Crippen LogP contribution is -2.49. The van der Waals surface area contributed by atoms with Crippen LogP contribution < -0.4 is 19.9 Å². The lowest BCUT2D eigenvalue weighted by Gasteiger charge is -2.43. The van der Waals surface area contributed by atoms with Crippen LogP contribution in [0.25, 0.3) is 0 Å². The summed E-state index contributed by atoms with van der Waals surface area (Å²) in [6.07, 6.45) is 5.58. The summed E-state index contributed by atoms with van der Waals surface area (Å²) in [7, 11) is 0. The molecule has 0 spiro atoms. The molecule has 0 aliphatic carbocycles. The largest absolute Gasteiger partial charge is 0.484 e. The molecule has 0 unspecified atom stereocenters. The minimum atomic E-state index is -0.216. The van der Waals surface area contributed by atoms with E-state index in [1.54, 1.807) is 0 Å². The van der Waals surface area contributed by atoms with Gasteiger partial charge in [0.25, 0.3) is 0 Å². The highest BCUT2D eigenvalue weighted by molar-refractivity contribution is 5.79. The second kappa shape index (κ2) is 5.50. The Hall–Kier alpha value is -1.86.